The van der Waals surface area contributed by atoms with E-state index in [2.05, 4.69) is 29.6 Å². The second-order valence-corrected chi connectivity index (χ2v) is 5.96. The number of piperidine rings is 1. The van der Waals surface area contributed by atoms with Crippen molar-refractivity contribution in [2.24, 2.45) is 5.92 Å². The number of nitrogens with one attached hydrogen (secondary N) is 1. The summed E-state index contributed by atoms with van der Waals surface area (Å²) in [5, 5.41) is 3.34. The number of benzene rings is 1. The highest BCUT2D eigenvalue weighted by Gasteiger charge is 2.29. The second-order valence-electron chi connectivity index (χ2n) is 4.90. The lowest BCUT2D eigenvalue weighted by molar-refractivity contribution is -0.124. The zero-order valence-corrected chi connectivity index (χ0v) is 10.6. The van der Waals surface area contributed by atoms with E-state index in [4.69, 9.17) is 0 Å². The maximum atomic E-state index is 11.8. The third-order valence-corrected chi connectivity index (χ3v) is 5.01. The molecule has 0 aliphatic carbocycles. The fourth-order valence-corrected chi connectivity index (χ4v) is 4.06. The molecule has 2 atom stereocenters. The SMILES string of the molecule is O=C1CCNCC1CC1CSc2ccccc21. The van der Waals surface area contributed by atoms with Gasteiger partial charge in [0.15, 0.2) is 0 Å². The van der Waals surface area contributed by atoms with Crippen LogP contribution in [0.25, 0.3) is 0 Å². The molecule has 0 bridgehead atoms. The van der Waals surface area contributed by atoms with Gasteiger partial charge in [-0.2, -0.15) is 0 Å². The summed E-state index contributed by atoms with van der Waals surface area (Å²) in [6.07, 6.45) is 1.74. The molecule has 1 aromatic carbocycles. The molecule has 1 fully saturated rings. The van der Waals surface area contributed by atoms with Crippen molar-refractivity contribution in [3.63, 3.8) is 0 Å². The Morgan fingerprint density at radius 1 is 1.29 bits per heavy atom. The van der Waals surface area contributed by atoms with Gasteiger partial charge in [-0.25, -0.2) is 0 Å². The van der Waals surface area contributed by atoms with Crippen molar-refractivity contribution < 1.29 is 4.79 Å². The second kappa shape index (κ2) is 4.83. The van der Waals surface area contributed by atoms with Crippen LogP contribution in [0.5, 0.6) is 0 Å². The number of fused-ring (bicyclic) bond motifs is 1. The average Bonchev–Trinajstić information content (AvgIpc) is 2.76. The van der Waals surface area contributed by atoms with E-state index in [1.807, 2.05) is 11.8 Å². The fraction of sp³-hybridized carbons (Fsp3) is 0.500. The van der Waals surface area contributed by atoms with Gasteiger partial charge in [-0.05, 0) is 24.0 Å². The molecule has 0 amide bonds. The lowest BCUT2D eigenvalue weighted by Crippen LogP contribution is -2.37. The molecule has 3 heteroatoms. The topological polar surface area (TPSA) is 29.1 Å². The number of ketones is 1. The lowest BCUT2D eigenvalue weighted by Gasteiger charge is -2.24. The Hall–Kier alpha value is -0.800. The zero-order chi connectivity index (χ0) is 11.7. The molecule has 2 heterocycles. The summed E-state index contributed by atoms with van der Waals surface area (Å²) < 4.78 is 0. The van der Waals surface area contributed by atoms with Crippen LogP contribution >= 0.6 is 11.8 Å². The minimum atomic E-state index is 0.237. The Morgan fingerprint density at radius 3 is 3.06 bits per heavy atom. The summed E-state index contributed by atoms with van der Waals surface area (Å²) in [7, 11) is 0. The molecule has 1 saturated heterocycles. The molecule has 2 unspecified atom stereocenters. The lowest BCUT2D eigenvalue weighted by atomic mass is 9.85. The predicted molar refractivity (Wildman–Crippen MR) is 70.5 cm³/mol. The van der Waals surface area contributed by atoms with Gasteiger partial charge in [0.25, 0.3) is 0 Å². The quantitative estimate of drug-likeness (QED) is 0.870. The van der Waals surface area contributed by atoms with E-state index in [9.17, 15) is 4.79 Å². The van der Waals surface area contributed by atoms with E-state index < -0.39 is 0 Å². The Labute approximate surface area is 106 Å². The van der Waals surface area contributed by atoms with E-state index in [0.29, 0.717) is 18.1 Å². The molecule has 0 spiro atoms. The van der Waals surface area contributed by atoms with Gasteiger partial charge in [-0.3, -0.25) is 4.79 Å². The third kappa shape index (κ3) is 2.26. The number of carbonyl (C=O) groups excluding carboxylic acids is 1. The van der Waals surface area contributed by atoms with Gasteiger partial charge in [0, 0.05) is 36.1 Å². The van der Waals surface area contributed by atoms with Gasteiger partial charge in [0.05, 0.1) is 0 Å². The molecular formula is C14H17NOS. The first-order valence-corrected chi connectivity index (χ1v) is 7.28. The first-order chi connectivity index (χ1) is 8.34. The van der Waals surface area contributed by atoms with Crippen LogP contribution in [-0.2, 0) is 4.79 Å². The average molecular weight is 247 g/mol. The number of carbonyl (C=O) groups is 1. The highest BCUT2D eigenvalue weighted by atomic mass is 32.2. The largest absolute Gasteiger partial charge is 0.316 e. The highest BCUT2D eigenvalue weighted by molar-refractivity contribution is 7.99. The van der Waals surface area contributed by atoms with Crippen LogP contribution < -0.4 is 5.32 Å². The van der Waals surface area contributed by atoms with Crippen molar-refractivity contribution >= 4 is 17.5 Å². The smallest absolute Gasteiger partial charge is 0.138 e. The van der Waals surface area contributed by atoms with Crippen LogP contribution in [0.1, 0.15) is 24.3 Å². The number of rotatable bonds is 2. The van der Waals surface area contributed by atoms with Crippen LogP contribution in [0.15, 0.2) is 29.2 Å². The standard InChI is InChI=1S/C14H17NOS/c16-13-5-6-15-8-10(13)7-11-9-17-14-4-2-1-3-12(11)14/h1-4,10-11,15H,5-9H2. The summed E-state index contributed by atoms with van der Waals surface area (Å²) in [4.78, 5) is 13.3. The Balaban J connectivity index is 1.72. The van der Waals surface area contributed by atoms with Crippen molar-refractivity contribution in [1.82, 2.24) is 5.32 Å². The first-order valence-electron chi connectivity index (χ1n) is 6.30. The van der Waals surface area contributed by atoms with Crippen LogP contribution in [0.2, 0.25) is 0 Å². The minimum absolute atomic E-state index is 0.237. The number of hydrogen-bond acceptors (Lipinski definition) is 3. The Kier molecular flexibility index (Phi) is 3.21. The fourth-order valence-electron chi connectivity index (χ4n) is 2.79. The van der Waals surface area contributed by atoms with E-state index >= 15 is 0 Å². The normalized spacial score (nSPS) is 28.1. The molecule has 3 rings (SSSR count). The van der Waals surface area contributed by atoms with E-state index in [1.54, 1.807) is 0 Å². The monoisotopic (exact) mass is 247 g/mol. The molecule has 17 heavy (non-hydrogen) atoms. The summed E-state index contributed by atoms with van der Waals surface area (Å²) in [5.41, 5.74) is 1.45. The molecule has 2 nitrogen and oxygen atoms in total. The third-order valence-electron chi connectivity index (χ3n) is 3.76. The summed E-state index contributed by atoms with van der Waals surface area (Å²) >= 11 is 1.93. The molecule has 0 saturated carbocycles. The van der Waals surface area contributed by atoms with Gasteiger partial charge < -0.3 is 5.32 Å². The molecule has 0 aromatic heterocycles. The first kappa shape index (κ1) is 11.3. The van der Waals surface area contributed by atoms with E-state index in [0.717, 1.165) is 25.3 Å². The summed E-state index contributed by atoms with van der Waals surface area (Å²) in [5.74, 6) is 2.41. The van der Waals surface area contributed by atoms with Crippen molar-refractivity contribution in [3.8, 4) is 0 Å². The molecule has 1 N–H and O–H groups in total. The molecule has 90 valence electrons. The van der Waals surface area contributed by atoms with Gasteiger partial charge >= 0.3 is 0 Å². The van der Waals surface area contributed by atoms with E-state index in [-0.39, 0.29) is 5.92 Å². The number of thioether (sulfide) groups is 1. The highest BCUT2D eigenvalue weighted by Crippen LogP contribution is 2.42. The Morgan fingerprint density at radius 2 is 2.18 bits per heavy atom. The van der Waals surface area contributed by atoms with Crippen LogP contribution in [-0.4, -0.2) is 24.6 Å². The van der Waals surface area contributed by atoms with Crippen LogP contribution in [0, 0.1) is 5.92 Å². The van der Waals surface area contributed by atoms with Crippen molar-refractivity contribution in [2.75, 3.05) is 18.8 Å². The number of Topliss-reactive ketones (excluding diaryl/α,β-unsaturated/α-hetero) is 1. The molecule has 1 aromatic rings. The zero-order valence-electron chi connectivity index (χ0n) is 9.82. The number of hydrogen-bond donors (Lipinski definition) is 1. The van der Waals surface area contributed by atoms with Gasteiger partial charge in [-0.15, -0.1) is 11.8 Å². The minimum Gasteiger partial charge on any atom is -0.316 e. The van der Waals surface area contributed by atoms with Crippen molar-refractivity contribution in [3.05, 3.63) is 29.8 Å². The van der Waals surface area contributed by atoms with Crippen LogP contribution in [0.3, 0.4) is 0 Å². The molecule has 2 aliphatic heterocycles. The predicted octanol–water partition coefficient (Wildman–Crippen LogP) is 2.44. The Bertz CT molecular complexity index is 432. The van der Waals surface area contributed by atoms with E-state index in [1.165, 1.54) is 10.5 Å². The van der Waals surface area contributed by atoms with Gasteiger partial charge in [0.2, 0.25) is 0 Å². The molecular weight excluding hydrogens is 230 g/mol. The van der Waals surface area contributed by atoms with Crippen LogP contribution in [0.4, 0.5) is 0 Å². The summed E-state index contributed by atoms with van der Waals surface area (Å²) in [6.45, 7) is 1.74. The van der Waals surface area contributed by atoms with Crippen molar-refractivity contribution in [1.29, 1.82) is 0 Å². The van der Waals surface area contributed by atoms with Gasteiger partial charge in [0.1, 0.15) is 5.78 Å². The molecule has 2 aliphatic rings. The maximum Gasteiger partial charge on any atom is 0.138 e. The maximum absolute atomic E-state index is 11.8. The molecule has 0 radical (unpaired) electrons. The van der Waals surface area contributed by atoms with Gasteiger partial charge in [-0.1, -0.05) is 18.2 Å². The van der Waals surface area contributed by atoms with Crippen molar-refractivity contribution in [2.45, 2.75) is 23.7 Å². The summed E-state index contributed by atoms with van der Waals surface area (Å²) in [6, 6.07) is 8.63.